The van der Waals surface area contributed by atoms with Crippen molar-refractivity contribution in [3.63, 3.8) is 0 Å². The molecule has 1 saturated carbocycles. The Bertz CT molecular complexity index is 391. The molecular formula is C16H22O. The lowest BCUT2D eigenvalue weighted by molar-refractivity contribution is 0.0875. The fraction of sp³-hybridized carbons (Fsp3) is 0.562. The third kappa shape index (κ3) is 2.96. The van der Waals surface area contributed by atoms with Gasteiger partial charge >= 0.3 is 0 Å². The smallest absolute Gasteiger partial charge is 0.165 e. The highest BCUT2D eigenvalue weighted by molar-refractivity contribution is 5.98. The van der Waals surface area contributed by atoms with Gasteiger partial charge in [0.15, 0.2) is 5.78 Å². The van der Waals surface area contributed by atoms with Gasteiger partial charge in [-0.25, -0.2) is 0 Å². The average molecular weight is 230 g/mol. The molecule has 0 radical (unpaired) electrons. The Hall–Kier alpha value is -1.11. The number of aryl methyl sites for hydroxylation is 2. The average Bonchev–Trinajstić information content (AvgIpc) is 2.28. The Kier molecular flexibility index (Phi) is 3.66. The molecule has 1 aliphatic rings. The maximum atomic E-state index is 12.4. The first-order chi connectivity index (χ1) is 8.06. The third-order valence-electron chi connectivity index (χ3n) is 3.89. The third-order valence-corrected chi connectivity index (χ3v) is 3.89. The zero-order valence-electron chi connectivity index (χ0n) is 11.1. The van der Waals surface area contributed by atoms with Crippen molar-refractivity contribution in [3.8, 4) is 0 Å². The monoisotopic (exact) mass is 230 g/mol. The van der Waals surface area contributed by atoms with Gasteiger partial charge in [-0.05, 0) is 44.7 Å². The lowest BCUT2D eigenvalue weighted by Crippen LogP contribution is -2.21. The SMILES string of the molecule is Cc1cc(C)cc(C(=O)C2CCC(C)CC2)c1. The van der Waals surface area contributed by atoms with Crippen LogP contribution in [-0.4, -0.2) is 5.78 Å². The van der Waals surface area contributed by atoms with Crippen LogP contribution in [0.1, 0.15) is 54.1 Å². The molecule has 0 atom stereocenters. The summed E-state index contributed by atoms with van der Waals surface area (Å²) in [7, 11) is 0. The Morgan fingerprint density at radius 2 is 1.53 bits per heavy atom. The number of Topliss-reactive ketones (excluding diaryl/α,β-unsaturated/α-hetero) is 1. The van der Waals surface area contributed by atoms with Gasteiger partial charge in [0, 0.05) is 11.5 Å². The largest absolute Gasteiger partial charge is 0.294 e. The van der Waals surface area contributed by atoms with Crippen molar-refractivity contribution < 1.29 is 4.79 Å². The summed E-state index contributed by atoms with van der Waals surface area (Å²) in [5.41, 5.74) is 3.30. The van der Waals surface area contributed by atoms with Crippen LogP contribution < -0.4 is 0 Å². The predicted molar refractivity (Wildman–Crippen MR) is 71.4 cm³/mol. The van der Waals surface area contributed by atoms with Gasteiger partial charge in [0.05, 0.1) is 0 Å². The lowest BCUT2D eigenvalue weighted by Gasteiger charge is -2.25. The quantitative estimate of drug-likeness (QED) is 0.692. The molecule has 0 amide bonds. The van der Waals surface area contributed by atoms with E-state index in [1.165, 1.54) is 24.0 Å². The molecule has 0 spiro atoms. The van der Waals surface area contributed by atoms with E-state index in [1.54, 1.807) is 0 Å². The Morgan fingerprint density at radius 1 is 1.00 bits per heavy atom. The van der Waals surface area contributed by atoms with E-state index < -0.39 is 0 Å². The van der Waals surface area contributed by atoms with Crippen LogP contribution >= 0.6 is 0 Å². The van der Waals surface area contributed by atoms with Crippen molar-refractivity contribution in [2.45, 2.75) is 46.5 Å². The number of ketones is 1. The molecule has 1 aromatic rings. The van der Waals surface area contributed by atoms with Gasteiger partial charge < -0.3 is 0 Å². The first-order valence-electron chi connectivity index (χ1n) is 6.69. The highest BCUT2D eigenvalue weighted by atomic mass is 16.1. The second kappa shape index (κ2) is 5.03. The summed E-state index contributed by atoms with van der Waals surface area (Å²) in [5, 5.41) is 0. The Morgan fingerprint density at radius 3 is 2.06 bits per heavy atom. The second-order valence-corrected chi connectivity index (χ2v) is 5.70. The van der Waals surface area contributed by atoms with Crippen LogP contribution in [0.3, 0.4) is 0 Å². The summed E-state index contributed by atoms with van der Waals surface area (Å²) in [4.78, 5) is 12.4. The molecular weight excluding hydrogens is 208 g/mol. The minimum Gasteiger partial charge on any atom is -0.294 e. The van der Waals surface area contributed by atoms with Crippen molar-refractivity contribution in [1.29, 1.82) is 0 Å². The minimum atomic E-state index is 0.271. The van der Waals surface area contributed by atoms with Crippen molar-refractivity contribution in [2.24, 2.45) is 11.8 Å². The van der Waals surface area contributed by atoms with E-state index in [4.69, 9.17) is 0 Å². The molecule has 1 nitrogen and oxygen atoms in total. The van der Waals surface area contributed by atoms with E-state index >= 15 is 0 Å². The minimum absolute atomic E-state index is 0.271. The van der Waals surface area contributed by atoms with E-state index in [0.29, 0.717) is 5.78 Å². The number of hydrogen-bond donors (Lipinski definition) is 0. The lowest BCUT2D eigenvalue weighted by atomic mass is 9.79. The number of hydrogen-bond acceptors (Lipinski definition) is 1. The molecule has 0 saturated heterocycles. The highest BCUT2D eigenvalue weighted by Gasteiger charge is 2.25. The van der Waals surface area contributed by atoms with Gasteiger partial charge in [-0.15, -0.1) is 0 Å². The summed E-state index contributed by atoms with van der Waals surface area (Å²) >= 11 is 0. The topological polar surface area (TPSA) is 17.1 Å². The first-order valence-corrected chi connectivity index (χ1v) is 6.69. The molecule has 0 N–H and O–H groups in total. The molecule has 17 heavy (non-hydrogen) atoms. The fourth-order valence-corrected chi connectivity index (χ4v) is 2.87. The van der Waals surface area contributed by atoms with Crippen LogP contribution in [0.25, 0.3) is 0 Å². The molecule has 1 aliphatic carbocycles. The highest BCUT2D eigenvalue weighted by Crippen LogP contribution is 2.30. The maximum absolute atomic E-state index is 12.4. The first kappa shape index (κ1) is 12.3. The zero-order valence-corrected chi connectivity index (χ0v) is 11.1. The van der Waals surface area contributed by atoms with Gasteiger partial charge in [0.1, 0.15) is 0 Å². The molecule has 0 unspecified atom stereocenters. The predicted octanol–water partition coefficient (Wildman–Crippen LogP) is 4.31. The molecule has 1 heteroatoms. The van der Waals surface area contributed by atoms with Gasteiger partial charge in [0.25, 0.3) is 0 Å². The van der Waals surface area contributed by atoms with Gasteiger partial charge in [0.2, 0.25) is 0 Å². The van der Waals surface area contributed by atoms with Crippen molar-refractivity contribution in [1.82, 2.24) is 0 Å². The summed E-state index contributed by atoms with van der Waals surface area (Å²) in [6.45, 7) is 6.41. The molecule has 0 bridgehead atoms. The standard InChI is InChI=1S/C16H22O/c1-11-4-6-14(7-5-11)16(17)15-9-12(2)8-13(3)10-15/h8-11,14H,4-7H2,1-3H3. The Balaban J connectivity index is 2.14. The number of benzene rings is 1. The summed E-state index contributed by atoms with van der Waals surface area (Å²) < 4.78 is 0. The van der Waals surface area contributed by atoms with Crippen LogP contribution in [0, 0.1) is 25.7 Å². The van der Waals surface area contributed by atoms with E-state index in [0.717, 1.165) is 24.3 Å². The van der Waals surface area contributed by atoms with E-state index in [2.05, 4.69) is 26.8 Å². The van der Waals surface area contributed by atoms with Crippen LogP contribution in [0.5, 0.6) is 0 Å². The molecule has 0 heterocycles. The van der Waals surface area contributed by atoms with Crippen LogP contribution in [0.15, 0.2) is 18.2 Å². The van der Waals surface area contributed by atoms with Crippen molar-refractivity contribution in [3.05, 3.63) is 34.9 Å². The van der Waals surface area contributed by atoms with Crippen LogP contribution in [0.4, 0.5) is 0 Å². The molecule has 0 aromatic heterocycles. The molecule has 0 aliphatic heterocycles. The van der Waals surface area contributed by atoms with Gasteiger partial charge in [-0.1, -0.05) is 37.0 Å². The zero-order chi connectivity index (χ0) is 12.4. The molecule has 1 fully saturated rings. The summed E-state index contributed by atoms with van der Waals surface area (Å²) in [6.07, 6.45) is 4.57. The second-order valence-electron chi connectivity index (χ2n) is 5.70. The Labute approximate surface area is 104 Å². The number of carbonyl (C=O) groups is 1. The fourth-order valence-electron chi connectivity index (χ4n) is 2.87. The van der Waals surface area contributed by atoms with Crippen LogP contribution in [-0.2, 0) is 0 Å². The van der Waals surface area contributed by atoms with Crippen molar-refractivity contribution >= 4 is 5.78 Å². The van der Waals surface area contributed by atoms with Gasteiger partial charge in [-0.3, -0.25) is 4.79 Å². The maximum Gasteiger partial charge on any atom is 0.165 e. The normalized spacial score (nSPS) is 24.6. The molecule has 2 rings (SSSR count). The van der Waals surface area contributed by atoms with E-state index in [9.17, 15) is 4.79 Å². The van der Waals surface area contributed by atoms with E-state index in [-0.39, 0.29) is 5.92 Å². The summed E-state index contributed by atoms with van der Waals surface area (Å²) in [5.74, 6) is 1.44. The van der Waals surface area contributed by atoms with E-state index in [1.807, 2.05) is 12.1 Å². The number of carbonyl (C=O) groups excluding carboxylic acids is 1. The number of rotatable bonds is 2. The molecule has 92 valence electrons. The molecule has 1 aromatic carbocycles. The van der Waals surface area contributed by atoms with Crippen molar-refractivity contribution in [2.75, 3.05) is 0 Å². The summed E-state index contributed by atoms with van der Waals surface area (Å²) in [6, 6.07) is 6.19. The van der Waals surface area contributed by atoms with Crippen LogP contribution in [0.2, 0.25) is 0 Å². The van der Waals surface area contributed by atoms with Gasteiger partial charge in [-0.2, -0.15) is 0 Å².